The number of nitrogens with one attached hydrogen (secondary N) is 1. The molecule has 1 unspecified atom stereocenters. The number of piperidine rings is 1. The molecule has 2 saturated heterocycles. The van der Waals surface area contributed by atoms with Gasteiger partial charge in [0.2, 0.25) is 0 Å². The van der Waals surface area contributed by atoms with E-state index in [4.69, 9.17) is 23.9 Å². The molecule has 0 bridgehead atoms. The molecule has 1 aromatic heterocycles. The maximum atomic E-state index is 12.2. The Balaban J connectivity index is 1.65. The van der Waals surface area contributed by atoms with Crippen LogP contribution >= 0.6 is 0 Å². The van der Waals surface area contributed by atoms with Crippen LogP contribution in [0.4, 0.5) is 0 Å². The van der Waals surface area contributed by atoms with Gasteiger partial charge in [0, 0.05) is 38.0 Å². The average Bonchev–Trinajstić information content (AvgIpc) is 3.34. The summed E-state index contributed by atoms with van der Waals surface area (Å²) in [6.07, 6.45) is 1.60. The van der Waals surface area contributed by atoms with Crippen LogP contribution in [0.2, 0.25) is 0 Å². The second-order valence-corrected chi connectivity index (χ2v) is 8.01. The molecular weight excluding hydrogens is 414 g/mol. The molecule has 0 saturated carbocycles. The number of nitrogens with zero attached hydrogens (tertiary/aromatic N) is 2. The number of para-hydroxylation sites is 1. The fourth-order valence-electron chi connectivity index (χ4n) is 4.42. The molecule has 9 heteroatoms. The number of aryl methyl sites for hydroxylation is 1. The highest BCUT2D eigenvalue weighted by atomic mass is 16.7. The molecule has 2 fully saturated rings. The second-order valence-electron chi connectivity index (χ2n) is 8.01. The SMILES string of the molecule is CCOC(=O)CCn1c(CC(=O)OCC)nc2c(C3COC4(CCNCC4)O3)cccc21. The molecule has 0 radical (unpaired) electrons. The van der Waals surface area contributed by atoms with Crippen molar-refractivity contribution in [1.82, 2.24) is 14.9 Å². The third-order valence-corrected chi connectivity index (χ3v) is 5.91. The number of hydrogen-bond donors (Lipinski definition) is 1. The first-order valence-corrected chi connectivity index (χ1v) is 11.4. The standard InChI is InChI=1S/C23H31N3O6/c1-3-29-20(27)8-13-26-17-7-5-6-16(22(17)25-19(26)14-21(28)30-4-2)18-15-31-23(32-18)9-11-24-12-10-23/h5-7,18,24H,3-4,8-15H2,1-2H3. The van der Waals surface area contributed by atoms with Crippen LogP contribution in [0.5, 0.6) is 0 Å². The fourth-order valence-corrected chi connectivity index (χ4v) is 4.42. The van der Waals surface area contributed by atoms with Crippen LogP contribution in [0.25, 0.3) is 11.0 Å². The lowest BCUT2D eigenvalue weighted by atomic mass is 10.1. The topological polar surface area (TPSA) is 101 Å². The van der Waals surface area contributed by atoms with Crippen LogP contribution in [0.15, 0.2) is 18.2 Å². The van der Waals surface area contributed by atoms with Crippen LogP contribution in [-0.4, -0.2) is 60.2 Å². The smallest absolute Gasteiger partial charge is 0.313 e. The molecule has 0 amide bonds. The predicted molar refractivity (Wildman–Crippen MR) is 116 cm³/mol. The van der Waals surface area contributed by atoms with Gasteiger partial charge >= 0.3 is 11.9 Å². The molecular formula is C23H31N3O6. The number of carbonyl (C=O) groups excluding carboxylic acids is 2. The molecule has 174 valence electrons. The van der Waals surface area contributed by atoms with Gasteiger partial charge in [0.15, 0.2) is 5.79 Å². The van der Waals surface area contributed by atoms with E-state index in [0.29, 0.717) is 32.2 Å². The monoisotopic (exact) mass is 445 g/mol. The van der Waals surface area contributed by atoms with Crippen LogP contribution in [0, 0.1) is 0 Å². The summed E-state index contributed by atoms with van der Waals surface area (Å²) >= 11 is 0. The molecule has 4 rings (SSSR count). The van der Waals surface area contributed by atoms with Crippen molar-refractivity contribution in [2.45, 2.75) is 58.0 Å². The van der Waals surface area contributed by atoms with Gasteiger partial charge in [0.25, 0.3) is 0 Å². The molecule has 1 spiro atoms. The molecule has 2 aliphatic heterocycles. The van der Waals surface area contributed by atoms with E-state index in [9.17, 15) is 9.59 Å². The van der Waals surface area contributed by atoms with Gasteiger partial charge in [0.1, 0.15) is 18.3 Å². The van der Waals surface area contributed by atoms with Gasteiger partial charge in [-0.25, -0.2) is 4.98 Å². The summed E-state index contributed by atoms with van der Waals surface area (Å²) in [6, 6.07) is 5.89. The van der Waals surface area contributed by atoms with Gasteiger partial charge in [0.05, 0.1) is 37.3 Å². The number of hydrogen-bond acceptors (Lipinski definition) is 8. The zero-order valence-corrected chi connectivity index (χ0v) is 18.7. The Morgan fingerprint density at radius 1 is 1.19 bits per heavy atom. The largest absolute Gasteiger partial charge is 0.466 e. The minimum atomic E-state index is -0.543. The van der Waals surface area contributed by atoms with Gasteiger partial charge in [-0.3, -0.25) is 9.59 Å². The van der Waals surface area contributed by atoms with Crippen LogP contribution < -0.4 is 5.32 Å². The normalized spacial score (nSPS) is 20.0. The Hall–Kier alpha value is -2.49. The number of esters is 2. The Labute approximate surface area is 187 Å². The molecule has 0 aliphatic carbocycles. The van der Waals surface area contributed by atoms with Gasteiger partial charge < -0.3 is 28.8 Å². The number of carbonyl (C=O) groups is 2. The van der Waals surface area contributed by atoms with E-state index in [1.165, 1.54) is 0 Å². The summed E-state index contributed by atoms with van der Waals surface area (Å²) in [5.41, 5.74) is 2.54. The quantitative estimate of drug-likeness (QED) is 0.618. The maximum absolute atomic E-state index is 12.2. The van der Waals surface area contributed by atoms with Gasteiger partial charge in [-0.2, -0.15) is 0 Å². The minimum absolute atomic E-state index is 0.0302. The van der Waals surface area contributed by atoms with Crippen LogP contribution in [0.3, 0.4) is 0 Å². The molecule has 1 atom stereocenters. The van der Waals surface area contributed by atoms with Crippen molar-refractivity contribution in [3.63, 3.8) is 0 Å². The Bertz CT molecular complexity index is 966. The first kappa shape index (κ1) is 22.7. The number of rotatable bonds is 8. The molecule has 2 aromatic rings. The zero-order chi connectivity index (χ0) is 22.6. The van der Waals surface area contributed by atoms with Crippen LogP contribution in [-0.2, 0) is 41.5 Å². The highest BCUT2D eigenvalue weighted by Crippen LogP contribution is 2.40. The van der Waals surface area contributed by atoms with E-state index in [1.807, 2.05) is 22.8 Å². The Morgan fingerprint density at radius 3 is 2.69 bits per heavy atom. The van der Waals surface area contributed by atoms with Crippen molar-refractivity contribution in [1.29, 1.82) is 0 Å². The summed E-state index contributed by atoms with van der Waals surface area (Å²) in [6.45, 7) is 6.74. The highest BCUT2D eigenvalue weighted by molar-refractivity contribution is 5.82. The number of fused-ring (bicyclic) bond motifs is 1. The van der Waals surface area contributed by atoms with Crippen molar-refractivity contribution < 1.29 is 28.5 Å². The van der Waals surface area contributed by atoms with E-state index in [1.54, 1.807) is 13.8 Å². The summed E-state index contributed by atoms with van der Waals surface area (Å²) in [7, 11) is 0. The number of aromatic nitrogens is 2. The van der Waals surface area contributed by atoms with Crippen molar-refractivity contribution in [3.05, 3.63) is 29.6 Å². The number of ether oxygens (including phenoxy) is 4. The lowest BCUT2D eigenvalue weighted by Gasteiger charge is -2.32. The van der Waals surface area contributed by atoms with Crippen LogP contribution in [0.1, 0.15) is 50.6 Å². The van der Waals surface area contributed by atoms with E-state index < -0.39 is 5.79 Å². The summed E-state index contributed by atoms with van der Waals surface area (Å²) in [4.78, 5) is 29.0. The molecule has 2 aliphatic rings. The maximum Gasteiger partial charge on any atom is 0.313 e. The van der Waals surface area contributed by atoms with E-state index >= 15 is 0 Å². The van der Waals surface area contributed by atoms with E-state index in [-0.39, 0.29) is 30.9 Å². The summed E-state index contributed by atoms with van der Waals surface area (Å²) < 4.78 is 24.6. The Morgan fingerprint density at radius 2 is 1.94 bits per heavy atom. The van der Waals surface area contributed by atoms with Crippen molar-refractivity contribution >= 4 is 23.0 Å². The molecule has 1 aromatic carbocycles. The third-order valence-electron chi connectivity index (χ3n) is 5.91. The fraction of sp³-hybridized carbons (Fsp3) is 0.609. The molecule has 3 heterocycles. The number of imidazole rings is 1. The predicted octanol–water partition coefficient (Wildman–Crippen LogP) is 2.26. The molecule has 1 N–H and O–H groups in total. The average molecular weight is 446 g/mol. The minimum Gasteiger partial charge on any atom is -0.466 e. The summed E-state index contributed by atoms with van der Waals surface area (Å²) in [5, 5.41) is 3.33. The molecule has 9 nitrogen and oxygen atoms in total. The first-order chi connectivity index (χ1) is 15.5. The van der Waals surface area contributed by atoms with Gasteiger partial charge in [-0.1, -0.05) is 12.1 Å². The number of benzene rings is 1. The first-order valence-electron chi connectivity index (χ1n) is 11.4. The third kappa shape index (κ3) is 4.79. The second kappa shape index (κ2) is 9.97. The van der Waals surface area contributed by atoms with Crippen molar-refractivity contribution in [2.75, 3.05) is 32.9 Å². The zero-order valence-electron chi connectivity index (χ0n) is 18.7. The lowest BCUT2D eigenvalue weighted by molar-refractivity contribution is -0.183. The van der Waals surface area contributed by atoms with Gasteiger partial charge in [-0.05, 0) is 19.9 Å². The Kier molecular flexibility index (Phi) is 7.07. The van der Waals surface area contributed by atoms with E-state index in [0.717, 1.165) is 42.5 Å². The summed E-state index contributed by atoms with van der Waals surface area (Å²) in [5.74, 6) is -0.618. The van der Waals surface area contributed by atoms with Gasteiger partial charge in [-0.15, -0.1) is 0 Å². The van der Waals surface area contributed by atoms with E-state index in [2.05, 4.69) is 5.32 Å². The lowest BCUT2D eigenvalue weighted by Crippen LogP contribution is -2.42. The van der Waals surface area contributed by atoms with Crippen molar-refractivity contribution in [3.8, 4) is 0 Å². The van der Waals surface area contributed by atoms with Crippen molar-refractivity contribution in [2.24, 2.45) is 0 Å². The highest BCUT2D eigenvalue weighted by Gasteiger charge is 2.43. The molecule has 32 heavy (non-hydrogen) atoms.